The van der Waals surface area contributed by atoms with E-state index in [-0.39, 0.29) is 0 Å². The van der Waals surface area contributed by atoms with Gasteiger partial charge in [-0.15, -0.1) is 0 Å². The Morgan fingerprint density at radius 1 is 1.28 bits per heavy atom. The van der Waals surface area contributed by atoms with E-state index in [2.05, 4.69) is 35.4 Å². The van der Waals surface area contributed by atoms with Crippen LogP contribution >= 0.6 is 0 Å². The standard InChI is InChI=1S/C15H27N3/c1-5-16-18-12-15(8-6-7-9-15)11-17(13(2)3)10-14(18)4/h5,13H,4,6-12H2,1-3H3/b16-5-. The maximum absolute atomic E-state index is 4.52. The first-order chi connectivity index (χ1) is 8.56. The molecule has 0 radical (unpaired) electrons. The maximum atomic E-state index is 4.52. The number of hydrazone groups is 1. The van der Waals surface area contributed by atoms with Gasteiger partial charge in [-0.1, -0.05) is 19.4 Å². The van der Waals surface area contributed by atoms with E-state index in [1.807, 2.05) is 13.1 Å². The molecule has 1 heterocycles. The highest BCUT2D eigenvalue weighted by Crippen LogP contribution is 2.42. The van der Waals surface area contributed by atoms with Crippen LogP contribution in [-0.2, 0) is 0 Å². The highest BCUT2D eigenvalue weighted by Gasteiger charge is 2.40. The highest BCUT2D eigenvalue weighted by molar-refractivity contribution is 5.53. The Hall–Kier alpha value is -0.830. The van der Waals surface area contributed by atoms with Crippen LogP contribution in [0.25, 0.3) is 0 Å². The van der Waals surface area contributed by atoms with Crippen molar-refractivity contribution in [3.05, 3.63) is 12.3 Å². The molecular formula is C15H27N3. The topological polar surface area (TPSA) is 18.8 Å². The second kappa shape index (κ2) is 5.43. The molecule has 0 atom stereocenters. The molecule has 0 unspecified atom stereocenters. The molecule has 1 aliphatic heterocycles. The largest absolute Gasteiger partial charge is 0.295 e. The van der Waals surface area contributed by atoms with Crippen LogP contribution < -0.4 is 0 Å². The molecule has 1 spiro atoms. The molecular weight excluding hydrogens is 222 g/mol. The first kappa shape index (κ1) is 13.6. The van der Waals surface area contributed by atoms with Crippen LogP contribution in [0, 0.1) is 5.41 Å². The zero-order valence-electron chi connectivity index (χ0n) is 12.2. The van der Waals surface area contributed by atoms with E-state index in [0.29, 0.717) is 11.5 Å². The van der Waals surface area contributed by atoms with Gasteiger partial charge in [-0.2, -0.15) is 5.10 Å². The monoisotopic (exact) mass is 249 g/mol. The summed E-state index contributed by atoms with van der Waals surface area (Å²) in [4.78, 5) is 2.57. The summed E-state index contributed by atoms with van der Waals surface area (Å²) < 4.78 is 0. The lowest BCUT2D eigenvalue weighted by molar-refractivity contribution is 0.137. The van der Waals surface area contributed by atoms with Gasteiger partial charge in [-0.05, 0) is 33.6 Å². The molecule has 1 aliphatic carbocycles. The van der Waals surface area contributed by atoms with Gasteiger partial charge in [0, 0.05) is 43.0 Å². The minimum atomic E-state index is 0.441. The highest BCUT2D eigenvalue weighted by atomic mass is 15.5. The van der Waals surface area contributed by atoms with E-state index >= 15 is 0 Å². The Labute approximate surface area is 112 Å². The second-order valence-electron chi connectivity index (χ2n) is 6.20. The van der Waals surface area contributed by atoms with Gasteiger partial charge in [0.15, 0.2) is 0 Å². The van der Waals surface area contributed by atoms with Crippen LogP contribution in [0.1, 0.15) is 46.5 Å². The van der Waals surface area contributed by atoms with E-state index in [9.17, 15) is 0 Å². The van der Waals surface area contributed by atoms with Crippen LogP contribution in [0.5, 0.6) is 0 Å². The third kappa shape index (κ3) is 2.77. The Morgan fingerprint density at radius 2 is 1.94 bits per heavy atom. The van der Waals surface area contributed by atoms with Gasteiger partial charge < -0.3 is 0 Å². The van der Waals surface area contributed by atoms with Crippen molar-refractivity contribution in [3.8, 4) is 0 Å². The van der Waals surface area contributed by atoms with E-state index in [0.717, 1.165) is 18.8 Å². The normalized spacial score (nSPS) is 25.6. The average molecular weight is 249 g/mol. The summed E-state index contributed by atoms with van der Waals surface area (Å²) in [6, 6.07) is 0.588. The minimum absolute atomic E-state index is 0.441. The lowest BCUT2D eigenvalue weighted by Gasteiger charge is -2.34. The molecule has 2 rings (SSSR count). The fourth-order valence-electron chi connectivity index (χ4n) is 3.35. The van der Waals surface area contributed by atoms with Crippen molar-refractivity contribution >= 4 is 6.21 Å². The van der Waals surface area contributed by atoms with Crippen molar-refractivity contribution in [2.75, 3.05) is 19.6 Å². The average Bonchev–Trinajstić information content (AvgIpc) is 2.70. The predicted octanol–water partition coefficient (Wildman–Crippen LogP) is 3.09. The quantitative estimate of drug-likeness (QED) is 0.700. The van der Waals surface area contributed by atoms with E-state index < -0.39 is 0 Å². The molecule has 0 bridgehead atoms. The number of hydrogen-bond acceptors (Lipinski definition) is 3. The smallest absolute Gasteiger partial charge is 0.0481 e. The molecule has 18 heavy (non-hydrogen) atoms. The van der Waals surface area contributed by atoms with Crippen LogP contribution in [0.4, 0.5) is 0 Å². The zero-order valence-corrected chi connectivity index (χ0v) is 12.2. The minimum Gasteiger partial charge on any atom is -0.295 e. The molecule has 0 aromatic carbocycles. The summed E-state index contributed by atoms with van der Waals surface area (Å²) >= 11 is 0. The fourth-order valence-corrected chi connectivity index (χ4v) is 3.35. The van der Waals surface area contributed by atoms with Gasteiger partial charge in [0.05, 0.1) is 0 Å². The summed E-state index contributed by atoms with van der Waals surface area (Å²) in [7, 11) is 0. The fraction of sp³-hybridized carbons (Fsp3) is 0.800. The lowest BCUT2D eigenvalue weighted by atomic mass is 9.85. The Morgan fingerprint density at radius 3 is 2.50 bits per heavy atom. The molecule has 0 N–H and O–H groups in total. The summed E-state index contributed by atoms with van der Waals surface area (Å²) in [6.45, 7) is 14.0. The van der Waals surface area contributed by atoms with Crippen molar-refractivity contribution in [1.82, 2.24) is 9.91 Å². The van der Waals surface area contributed by atoms with Crippen molar-refractivity contribution in [2.45, 2.75) is 52.5 Å². The van der Waals surface area contributed by atoms with Gasteiger partial charge in [0.25, 0.3) is 0 Å². The third-order valence-electron chi connectivity index (χ3n) is 4.42. The van der Waals surface area contributed by atoms with E-state index in [1.165, 1.54) is 32.2 Å². The Kier molecular flexibility index (Phi) is 4.10. The first-order valence-electron chi connectivity index (χ1n) is 7.24. The van der Waals surface area contributed by atoms with Crippen LogP contribution in [0.3, 0.4) is 0 Å². The van der Waals surface area contributed by atoms with Gasteiger partial charge in [0.2, 0.25) is 0 Å². The number of rotatable bonds is 2. The van der Waals surface area contributed by atoms with Crippen molar-refractivity contribution in [3.63, 3.8) is 0 Å². The van der Waals surface area contributed by atoms with Gasteiger partial charge in [-0.25, -0.2) is 0 Å². The summed E-state index contributed by atoms with van der Waals surface area (Å²) in [6.07, 6.45) is 7.33. The number of hydrogen-bond donors (Lipinski definition) is 0. The lowest BCUT2D eigenvalue weighted by Crippen LogP contribution is -2.40. The molecule has 2 fully saturated rings. The second-order valence-corrected chi connectivity index (χ2v) is 6.20. The summed E-state index contributed by atoms with van der Waals surface area (Å²) in [5.41, 5.74) is 1.58. The van der Waals surface area contributed by atoms with E-state index in [4.69, 9.17) is 0 Å². The van der Waals surface area contributed by atoms with Gasteiger partial charge in [-0.3, -0.25) is 9.91 Å². The van der Waals surface area contributed by atoms with Crippen LogP contribution in [0.15, 0.2) is 17.4 Å². The van der Waals surface area contributed by atoms with Gasteiger partial charge >= 0.3 is 0 Å². The first-order valence-corrected chi connectivity index (χ1v) is 7.24. The SMILES string of the molecule is C=C1CN(C(C)C)CC2(CCCC2)CN1/N=C\C. The summed E-state index contributed by atoms with van der Waals surface area (Å²) in [5, 5.41) is 6.67. The summed E-state index contributed by atoms with van der Waals surface area (Å²) in [5.74, 6) is 0. The molecule has 0 aromatic heterocycles. The molecule has 1 saturated heterocycles. The number of nitrogens with zero attached hydrogens (tertiary/aromatic N) is 3. The molecule has 3 nitrogen and oxygen atoms in total. The van der Waals surface area contributed by atoms with Crippen molar-refractivity contribution < 1.29 is 0 Å². The Balaban J connectivity index is 2.22. The van der Waals surface area contributed by atoms with Crippen LogP contribution in [-0.4, -0.2) is 41.8 Å². The van der Waals surface area contributed by atoms with Gasteiger partial charge in [0.1, 0.15) is 0 Å². The van der Waals surface area contributed by atoms with Crippen molar-refractivity contribution in [2.24, 2.45) is 10.5 Å². The predicted molar refractivity (Wildman–Crippen MR) is 77.6 cm³/mol. The van der Waals surface area contributed by atoms with Crippen LogP contribution in [0.2, 0.25) is 0 Å². The maximum Gasteiger partial charge on any atom is 0.0481 e. The third-order valence-corrected chi connectivity index (χ3v) is 4.42. The molecule has 1 saturated carbocycles. The van der Waals surface area contributed by atoms with Crippen molar-refractivity contribution in [1.29, 1.82) is 0 Å². The van der Waals surface area contributed by atoms with E-state index in [1.54, 1.807) is 0 Å². The molecule has 0 aromatic rings. The molecule has 102 valence electrons. The molecule has 2 aliphatic rings. The Bertz CT molecular complexity index is 327. The zero-order chi connectivity index (χ0) is 13.2. The molecule has 3 heteroatoms. The molecule has 0 amide bonds.